The van der Waals surface area contributed by atoms with Gasteiger partial charge in [-0.1, -0.05) is 24.3 Å². The van der Waals surface area contributed by atoms with Gasteiger partial charge in [-0.05, 0) is 49.1 Å². The Morgan fingerprint density at radius 1 is 1.03 bits per heavy atom. The van der Waals surface area contributed by atoms with Gasteiger partial charge in [0.25, 0.3) is 0 Å². The third-order valence-electron chi connectivity index (χ3n) is 6.53. The molecule has 1 saturated heterocycles. The minimum atomic E-state index is -0.0817. The zero-order chi connectivity index (χ0) is 21.8. The zero-order valence-electron chi connectivity index (χ0n) is 18.6. The van der Waals surface area contributed by atoms with Crippen molar-refractivity contribution in [3.8, 4) is 17.2 Å². The summed E-state index contributed by atoms with van der Waals surface area (Å²) >= 11 is 0. The van der Waals surface area contributed by atoms with Gasteiger partial charge in [-0.15, -0.1) is 0 Å². The first-order chi connectivity index (χ1) is 15.8. The van der Waals surface area contributed by atoms with Gasteiger partial charge in [0.1, 0.15) is 11.9 Å². The number of ether oxygens (including phenoxy) is 4. The number of nitrogens with zero attached hydrogens (tertiary/aromatic N) is 1. The Kier molecular flexibility index (Phi) is 6.08. The molecule has 3 aliphatic heterocycles. The highest BCUT2D eigenvalue weighted by Gasteiger charge is 2.36. The molecule has 170 valence electrons. The first-order valence-corrected chi connectivity index (χ1v) is 11.5. The highest BCUT2D eigenvalue weighted by Crippen LogP contribution is 2.41. The van der Waals surface area contributed by atoms with E-state index in [9.17, 15) is 0 Å². The van der Waals surface area contributed by atoms with Crippen molar-refractivity contribution < 1.29 is 18.9 Å². The Morgan fingerprint density at radius 3 is 2.72 bits per heavy atom. The van der Waals surface area contributed by atoms with E-state index in [1.807, 2.05) is 18.2 Å². The maximum Gasteiger partial charge on any atom is 0.231 e. The van der Waals surface area contributed by atoms with Gasteiger partial charge in [0, 0.05) is 31.6 Å². The second-order valence-electron chi connectivity index (χ2n) is 8.59. The van der Waals surface area contributed by atoms with E-state index in [-0.39, 0.29) is 18.3 Å². The summed E-state index contributed by atoms with van der Waals surface area (Å²) in [5.41, 5.74) is 2.42. The SMILES string of the molecule is CCNC(=NCC1(c2ccc3c(c2)OCO3)CCOCC1)NCC1Cc2ccccc2O1. The Labute approximate surface area is 189 Å². The molecule has 5 rings (SSSR count). The molecule has 0 radical (unpaired) electrons. The summed E-state index contributed by atoms with van der Waals surface area (Å²) in [6.07, 6.45) is 2.89. The molecule has 1 atom stereocenters. The Bertz CT molecular complexity index is 946. The van der Waals surface area contributed by atoms with E-state index < -0.39 is 0 Å². The van der Waals surface area contributed by atoms with E-state index in [0.717, 1.165) is 62.2 Å². The van der Waals surface area contributed by atoms with E-state index in [1.165, 1.54) is 11.1 Å². The van der Waals surface area contributed by atoms with Gasteiger partial charge in [0.05, 0.1) is 13.1 Å². The van der Waals surface area contributed by atoms with Crippen LogP contribution in [0.25, 0.3) is 0 Å². The summed E-state index contributed by atoms with van der Waals surface area (Å²) in [6, 6.07) is 14.5. The fourth-order valence-corrected chi connectivity index (χ4v) is 4.68. The van der Waals surface area contributed by atoms with Crippen LogP contribution in [0.15, 0.2) is 47.5 Å². The molecule has 7 nitrogen and oxygen atoms in total. The number of rotatable bonds is 6. The van der Waals surface area contributed by atoms with Crippen LogP contribution < -0.4 is 24.8 Å². The predicted octanol–water partition coefficient (Wildman–Crippen LogP) is 3.02. The number of para-hydroxylation sites is 1. The standard InChI is InChI=1S/C25H31N3O4/c1-2-26-24(27-15-20-13-18-5-3-4-6-21(18)32-20)28-16-25(9-11-29-12-10-25)19-7-8-22-23(14-19)31-17-30-22/h3-8,14,20H,2,9-13,15-17H2,1H3,(H2,26,27,28). The Morgan fingerprint density at radius 2 is 1.88 bits per heavy atom. The van der Waals surface area contributed by atoms with E-state index >= 15 is 0 Å². The van der Waals surface area contributed by atoms with Crippen molar-refractivity contribution in [1.82, 2.24) is 10.6 Å². The van der Waals surface area contributed by atoms with Gasteiger partial charge in [-0.3, -0.25) is 4.99 Å². The molecule has 0 aromatic heterocycles. The molecule has 2 N–H and O–H groups in total. The summed E-state index contributed by atoms with van der Waals surface area (Å²) < 4.78 is 22.9. The molecule has 1 fully saturated rings. The molecule has 0 amide bonds. The van der Waals surface area contributed by atoms with E-state index in [4.69, 9.17) is 23.9 Å². The van der Waals surface area contributed by atoms with Gasteiger partial charge in [0.15, 0.2) is 17.5 Å². The van der Waals surface area contributed by atoms with Crippen LogP contribution in [-0.2, 0) is 16.6 Å². The smallest absolute Gasteiger partial charge is 0.231 e. The first kappa shape index (κ1) is 20.9. The van der Waals surface area contributed by atoms with Crippen molar-refractivity contribution in [2.75, 3.05) is 39.6 Å². The molecular formula is C25H31N3O4. The lowest BCUT2D eigenvalue weighted by molar-refractivity contribution is 0.0530. The van der Waals surface area contributed by atoms with Crippen LogP contribution in [0, 0.1) is 0 Å². The molecule has 0 aliphatic carbocycles. The van der Waals surface area contributed by atoms with Crippen LogP contribution in [0.1, 0.15) is 30.9 Å². The molecule has 2 aromatic rings. The quantitative estimate of drug-likeness (QED) is 0.535. The highest BCUT2D eigenvalue weighted by atomic mass is 16.7. The second-order valence-corrected chi connectivity index (χ2v) is 8.59. The number of hydrogen-bond acceptors (Lipinski definition) is 5. The van der Waals surface area contributed by atoms with Crippen LogP contribution >= 0.6 is 0 Å². The molecule has 0 bridgehead atoms. The number of guanidine groups is 1. The summed E-state index contributed by atoms with van der Waals surface area (Å²) in [6.45, 7) is 6.04. The zero-order valence-corrected chi connectivity index (χ0v) is 18.6. The Balaban J connectivity index is 1.29. The fraction of sp³-hybridized carbons (Fsp3) is 0.480. The molecule has 32 heavy (non-hydrogen) atoms. The normalized spacial score (nSPS) is 21.0. The van der Waals surface area contributed by atoms with Crippen molar-refractivity contribution in [2.24, 2.45) is 4.99 Å². The topological polar surface area (TPSA) is 73.3 Å². The van der Waals surface area contributed by atoms with Gasteiger partial charge >= 0.3 is 0 Å². The van der Waals surface area contributed by atoms with E-state index in [1.54, 1.807) is 0 Å². The van der Waals surface area contributed by atoms with Crippen LogP contribution in [-0.4, -0.2) is 51.7 Å². The predicted molar refractivity (Wildman–Crippen MR) is 123 cm³/mol. The van der Waals surface area contributed by atoms with Crippen LogP contribution in [0.4, 0.5) is 0 Å². The Hall–Kier alpha value is -2.93. The van der Waals surface area contributed by atoms with E-state index in [2.05, 4.69) is 41.8 Å². The van der Waals surface area contributed by atoms with Gasteiger partial charge in [0.2, 0.25) is 6.79 Å². The summed E-state index contributed by atoms with van der Waals surface area (Å²) in [4.78, 5) is 5.00. The lowest BCUT2D eigenvalue weighted by Crippen LogP contribution is -2.44. The van der Waals surface area contributed by atoms with E-state index in [0.29, 0.717) is 13.1 Å². The van der Waals surface area contributed by atoms with Crippen LogP contribution in [0.5, 0.6) is 17.2 Å². The largest absolute Gasteiger partial charge is 0.488 e. The molecule has 3 heterocycles. The van der Waals surface area contributed by atoms with Crippen molar-refractivity contribution in [3.63, 3.8) is 0 Å². The highest BCUT2D eigenvalue weighted by molar-refractivity contribution is 5.79. The third-order valence-corrected chi connectivity index (χ3v) is 6.53. The average molecular weight is 438 g/mol. The minimum Gasteiger partial charge on any atom is -0.488 e. The summed E-state index contributed by atoms with van der Waals surface area (Å²) in [5.74, 6) is 3.44. The second kappa shape index (κ2) is 9.28. The number of fused-ring (bicyclic) bond motifs is 2. The molecule has 0 spiro atoms. The molecule has 7 heteroatoms. The summed E-state index contributed by atoms with van der Waals surface area (Å²) in [7, 11) is 0. The monoisotopic (exact) mass is 437 g/mol. The maximum absolute atomic E-state index is 6.07. The maximum atomic E-state index is 6.07. The first-order valence-electron chi connectivity index (χ1n) is 11.5. The molecule has 2 aromatic carbocycles. The fourth-order valence-electron chi connectivity index (χ4n) is 4.68. The molecule has 1 unspecified atom stereocenters. The number of nitrogens with one attached hydrogen (secondary N) is 2. The van der Waals surface area contributed by atoms with Gasteiger partial charge < -0.3 is 29.6 Å². The molecule has 3 aliphatic rings. The van der Waals surface area contributed by atoms with Gasteiger partial charge in [-0.25, -0.2) is 0 Å². The average Bonchev–Trinajstić information content (AvgIpc) is 3.47. The van der Waals surface area contributed by atoms with Crippen molar-refractivity contribution in [1.29, 1.82) is 0 Å². The lowest BCUT2D eigenvalue weighted by Gasteiger charge is -2.36. The number of aliphatic imine (C=N–C) groups is 1. The number of benzene rings is 2. The van der Waals surface area contributed by atoms with Crippen LogP contribution in [0.2, 0.25) is 0 Å². The van der Waals surface area contributed by atoms with Gasteiger partial charge in [-0.2, -0.15) is 0 Å². The van der Waals surface area contributed by atoms with Crippen LogP contribution in [0.3, 0.4) is 0 Å². The molecule has 0 saturated carbocycles. The third kappa shape index (κ3) is 4.35. The van der Waals surface area contributed by atoms with Crippen molar-refractivity contribution in [2.45, 2.75) is 37.7 Å². The number of hydrogen-bond donors (Lipinski definition) is 2. The van der Waals surface area contributed by atoms with Crippen molar-refractivity contribution >= 4 is 5.96 Å². The molecular weight excluding hydrogens is 406 g/mol. The summed E-state index contributed by atoms with van der Waals surface area (Å²) in [5, 5.41) is 6.87. The van der Waals surface area contributed by atoms with Crippen molar-refractivity contribution in [3.05, 3.63) is 53.6 Å². The lowest BCUT2D eigenvalue weighted by atomic mass is 9.74. The minimum absolute atomic E-state index is 0.0817.